The maximum Gasteiger partial charge on any atom is 0.0587 e. The summed E-state index contributed by atoms with van der Waals surface area (Å²) in [6.45, 7) is 1.73. The molecule has 4 N–H and O–H groups in total. The highest BCUT2D eigenvalue weighted by atomic mass is 16.3. The minimum absolute atomic E-state index is 0.0518. The van der Waals surface area contributed by atoms with Crippen molar-refractivity contribution in [2.75, 3.05) is 26.3 Å². The first kappa shape index (κ1) is 18.6. The molecule has 0 bridgehead atoms. The van der Waals surface area contributed by atoms with Crippen molar-refractivity contribution in [3.8, 4) is 0 Å². The molecule has 2 aromatic carbocycles. The van der Waals surface area contributed by atoms with E-state index in [1.54, 1.807) is 0 Å². The van der Waals surface area contributed by atoms with E-state index < -0.39 is 0 Å². The second-order valence-electron chi connectivity index (χ2n) is 6.05. The third-order valence-corrected chi connectivity index (χ3v) is 4.08. The molecule has 0 saturated carbocycles. The molecule has 0 fully saturated rings. The molecule has 0 radical (unpaired) electrons. The average molecular weight is 328 g/mol. The van der Waals surface area contributed by atoms with Gasteiger partial charge in [-0.1, -0.05) is 60.7 Å². The van der Waals surface area contributed by atoms with Crippen LogP contribution in [0.15, 0.2) is 60.7 Å². The minimum atomic E-state index is 0.0518. The number of aliphatic hydroxyl groups is 2. The second kappa shape index (κ2) is 10.9. The van der Waals surface area contributed by atoms with Crippen LogP contribution in [0.5, 0.6) is 0 Å². The van der Waals surface area contributed by atoms with Gasteiger partial charge in [-0.25, -0.2) is 0 Å². The highest BCUT2D eigenvalue weighted by molar-refractivity contribution is 5.16. The first-order valence-electron chi connectivity index (χ1n) is 8.58. The lowest BCUT2D eigenvalue weighted by Crippen LogP contribution is -2.42. The summed E-state index contributed by atoms with van der Waals surface area (Å²) in [5.74, 6) is 0. The van der Waals surface area contributed by atoms with Crippen molar-refractivity contribution in [2.45, 2.75) is 24.9 Å². The molecule has 0 saturated heterocycles. The Hall–Kier alpha value is -1.72. The summed E-state index contributed by atoms with van der Waals surface area (Å²) in [6.07, 6.45) is 1.62. The zero-order chi connectivity index (χ0) is 17.0. The van der Waals surface area contributed by atoms with Crippen LogP contribution in [0.1, 0.15) is 11.1 Å². The van der Waals surface area contributed by atoms with Crippen LogP contribution in [-0.2, 0) is 12.8 Å². The molecule has 4 nitrogen and oxygen atoms in total. The smallest absolute Gasteiger partial charge is 0.0587 e. The van der Waals surface area contributed by atoms with E-state index in [1.165, 1.54) is 11.1 Å². The van der Waals surface area contributed by atoms with Gasteiger partial charge in [0.2, 0.25) is 0 Å². The van der Waals surface area contributed by atoms with Gasteiger partial charge in [-0.3, -0.25) is 0 Å². The molecule has 2 atom stereocenters. The average Bonchev–Trinajstić information content (AvgIpc) is 2.64. The summed E-state index contributed by atoms with van der Waals surface area (Å²) < 4.78 is 0. The van der Waals surface area contributed by atoms with Crippen LogP contribution < -0.4 is 10.6 Å². The Morgan fingerprint density at radius 1 is 0.625 bits per heavy atom. The van der Waals surface area contributed by atoms with E-state index in [2.05, 4.69) is 34.9 Å². The Balaban J connectivity index is 1.68. The molecular formula is C20H28N2O2. The first-order chi connectivity index (χ1) is 11.8. The lowest BCUT2D eigenvalue weighted by molar-refractivity contribution is 0.231. The van der Waals surface area contributed by atoms with Gasteiger partial charge in [0, 0.05) is 25.2 Å². The van der Waals surface area contributed by atoms with Crippen LogP contribution in [0.4, 0.5) is 0 Å². The molecule has 0 aromatic heterocycles. The van der Waals surface area contributed by atoms with Crippen LogP contribution in [-0.4, -0.2) is 48.6 Å². The monoisotopic (exact) mass is 328 g/mol. The third kappa shape index (κ3) is 6.81. The van der Waals surface area contributed by atoms with Gasteiger partial charge >= 0.3 is 0 Å². The Bertz CT molecular complexity index is 497. The zero-order valence-corrected chi connectivity index (χ0v) is 14.1. The van der Waals surface area contributed by atoms with E-state index in [-0.39, 0.29) is 25.3 Å². The Kier molecular flexibility index (Phi) is 8.49. The van der Waals surface area contributed by atoms with Gasteiger partial charge in [0.15, 0.2) is 0 Å². The Morgan fingerprint density at radius 2 is 1.00 bits per heavy atom. The standard InChI is InChI=1S/C20H28N2O2/c23-15-19(13-17-7-3-1-4-8-17)21-11-12-22-20(16-24)14-18-9-5-2-6-10-18/h1-10,19-24H,11-16H2/t19-,20-/m0/s1. The van der Waals surface area contributed by atoms with Gasteiger partial charge in [0.05, 0.1) is 13.2 Å². The highest BCUT2D eigenvalue weighted by Crippen LogP contribution is 2.04. The molecule has 0 aliphatic rings. The van der Waals surface area contributed by atoms with E-state index in [0.29, 0.717) is 0 Å². The number of hydrogen-bond donors (Lipinski definition) is 4. The SMILES string of the molecule is OC[C@H](Cc1ccccc1)NCCN[C@H](CO)Cc1ccccc1. The van der Waals surface area contributed by atoms with E-state index in [4.69, 9.17) is 0 Å². The predicted molar refractivity (Wildman–Crippen MR) is 98.0 cm³/mol. The number of benzene rings is 2. The Morgan fingerprint density at radius 3 is 1.33 bits per heavy atom. The van der Waals surface area contributed by atoms with Gasteiger partial charge in [-0.15, -0.1) is 0 Å². The second-order valence-corrected chi connectivity index (χ2v) is 6.05. The maximum atomic E-state index is 9.51. The van der Waals surface area contributed by atoms with Crippen LogP contribution >= 0.6 is 0 Å². The molecule has 0 heterocycles. The molecule has 0 aliphatic carbocycles. The molecule has 0 aliphatic heterocycles. The largest absolute Gasteiger partial charge is 0.395 e. The molecule has 0 unspecified atom stereocenters. The molecule has 4 heteroatoms. The molecule has 0 amide bonds. The maximum absolute atomic E-state index is 9.51. The normalized spacial score (nSPS) is 13.6. The Labute approximate surface area is 144 Å². The van der Waals surface area contributed by atoms with E-state index in [1.807, 2.05) is 36.4 Å². The van der Waals surface area contributed by atoms with Crippen molar-refractivity contribution in [3.05, 3.63) is 71.8 Å². The van der Waals surface area contributed by atoms with Gasteiger partial charge in [-0.2, -0.15) is 0 Å². The molecule has 2 rings (SSSR count). The topological polar surface area (TPSA) is 64.5 Å². The number of nitrogens with one attached hydrogen (secondary N) is 2. The van der Waals surface area contributed by atoms with Crippen LogP contribution in [0.25, 0.3) is 0 Å². The van der Waals surface area contributed by atoms with E-state index in [9.17, 15) is 10.2 Å². The quantitative estimate of drug-likeness (QED) is 0.471. The van der Waals surface area contributed by atoms with Gasteiger partial charge in [0.25, 0.3) is 0 Å². The fraction of sp³-hybridized carbons (Fsp3) is 0.400. The third-order valence-electron chi connectivity index (χ3n) is 4.08. The first-order valence-corrected chi connectivity index (χ1v) is 8.58. The zero-order valence-electron chi connectivity index (χ0n) is 14.1. The van der Waals surface area contributed by atoms with Gasteiger partial charge in [0.1, 0.15) is 0 Å². The van der Waals surface area contributed by atoms with Crippen LogP contribution in [0.3, 0.4) is 0 Å². The molecule has 2 aromatic rings. The molecular weight excluding hydrogens is 300 g/mol. The van der Waals surface area contributed by atoms with Crippen molar-refractivity contribution in [1.82, 2.24) is 10.6 Å². The number of hydrogen-bond acceptors (Lipinski definition) is 4. The van der Waals surface area contributed by atoms with Gasteiger partial charge < -0.3 is 20.8 Å². The molecule has 24 heavy (non-hydrogen) atoms. The van der Waals surface area contributed by atoms with Crippen molar-refractivity contribution in [2.24, 2.45) is 0 Å². The summed E-state index contributed by atoms with van der Waals surface area (Å²) in [5.41, 5.74) is 2.43. The van der Waals surface area contributed by atoms with E-state index >= 15 is 0 Å². The fourth-order valence-corrected chi connectivity index (χ4v) is 2.75. The van der Waals surface area contributed by atoms with Crippen molar-refractivity contribution in [3.63, 3.8) is 0 Å². The fourth-order valence-electron chi connectivity index (χ4n) is 2.75. The number of rotatable bonds is 11. The molecule has 0 spiro atoms. The van der Waals surface area contributed by atoms with Gasteiger partial charge in [-0.05, 0) is 24.0 Å². The lowest BCUT2D eigenvalue weighted by atomic mass is 10.1. The van der Waals surface area contributed by atoms with Crippen LogP contribution in [0.2, 0.25) is 0 Å². The summed E-state index contributed by atoms with van der Waals surface area (Å²) >= 11 is 0. The van der Waals surface area contributed by atoms with Crippen LogP contribution in [0, 0.1) is 0 Å². The predicted octanol–water partition coefficient (Wildman–Crippen LogP) is 1.37. The van der Waals surface area contributed by atoms with Crippen molar-refractivity contribution in [1.29, 1.82) is 0 Å². The summed E-state index contributed by atoms with van der Waals surface area (Å²) in [7, 11) is 0. The minimum Gasteiger partial charge on any atom is -0.395 e. The summed E-state index contributed by atoms with van der Waals surface area (Å²) in [6, 6.07) is 20.4. The van der Waals surface area contributed by atoms with Crippen molar-refractivity contribution < 1.29 is 10.2 Å². The highest BCUT2D eigenvalue weighted by Gasteiger charge is 2.09. The summed E-state index contributed by atoms with van der Waals surface area (Å²) in [5, 5.41) is 25.8. The van der Waals surface area contributed by atoms with Crippen molar-refractivity contribution >= 4 is 0 Å². The van der Waals surface area contributed by atoms with E-state index in [0.717, 1.165) is 25.9 Å². The summed E-state index contributed by atoms with van der Waals surface area (Å²) in [4.78, 5) is 0. The lowest BCUT2D eigenvalue weighted by Gasteiger charge is -2.19. The molecule has 130 valence electrons. The number of aliphatic hydroxyl groups excluding tert-OH is 2.